The van der Waals surface area contributed by atoms with Crippen LogP contribution < -0.4 is 11.1 Å². The number of hydrogen-bond acceptors (Lipinski definition) is 3. The Hall–Kier alpha value is -0.900. The number of carbonyl (C=O) groups excluding carboxylic acids is 2. The molecule has 0 aromatic carbocycles. The van der Waals surface area contributed by atoms with Crippen molar-refractivity contribution in [2.24, 2.45) is 17.6 Å². The molecule has 2 atom stereocenters. The van der Waals surface area contributed by atoms with Crippen LogP contribution >= 0.6 is 0 Å². The van der Waals surface area contributed by atoms with E-state index < -0.39 is 12.1 Å². The minimum absolute atomic E-state index is 0.230. The lowest BCUT2D eigenvalue weighted by Crippen LogP contribution is -2.46. The van der Waals surface area contributed by atoms with E-state index in [1.165, 1.54) is 0 Å². The molecule has 0 aliphatic heterocycles. The van der Waals surface area contributed by atoms with E-state index in [-0.39, 0.29) is 5.91 Å². The average molecular weight is 228 g/mol. The third kappa shape index (κ3) is 6.56. The van der Waals surface area contributed by atoms with E-state index in [2.05, 4.69) is 5.32 Å². The molecule has 0 fully saturated rings. The maximum atomic E-state index is 11.6. The number of rotatable bonds is 7. The summed E-state index contributed by atoms with van der Waals surface area (Å²) in [6.45, 7) is 8.05. The zero-order chi connectivity index (χ0) is 12.7. The van der Waals surface area contributed by atoms with E-state index in [1.807, 2.05) is 27.7 Å². The first kappa shape index (κ1) is 15.1. The summed E-state index contributed by atoms with van der Waals surface area (Å²) in [7, 11) is 0. The Balaban J connectivity index is 4.13. The van der Waals surface area contributed by atoms with Crippen molar-refractivity contribution in [3.63, 3.8) is 0 Å². The highest BCUT2D eigenvalue weighted by atomic mass is 16.2. The number of carbonyl (C=O) groups is 2. The van der Waals surface area contributed by atoms with Gasteiger partial charge in [-0.05, 0) is 24.7 Å². The second kappa shape index (κ2) is 7.39. The van der Waals surface area contributed by atoms with Crippen molar-refractivity contribution in [2.75, 3.05) is 0 Å². The first-order valence-electron chi connectivity index (χ1n) is 5.88. The molecule has 0 aromatic heterocycles. The Morgan fingerprint density at radius 2 is 1.69 bits per heavy atom. The largest absolute Gasteiger partial charge is 0.345 e. The second-order valence-corrected chi connectivity index (χ2v) is 5.12. The first-order valence-corrected chi connectivity index (χ1v) is 5.88. The van der Waals surface area contributed by atoms with Crippen LogP contribution in [-0.4, -0.2) is 24.3 Å². The van der Waals surface area contributed by atoms with Crippen LogP contribution in [0.25, 0.3) is 0 Å². The number of hydrogen-bond donors (Lipinski definition) is 2. The zero-order valence-electron chi connectivity index (χ0n) is 10.7. The number of amides is 1. The zero-order valence-corrected chi connectivity index (χ0v) is 10.7. The first-order chi connectivity index (χ1) is 7.36. The van der Waals surface area contributed by atoms with Crippen LogP contribution in [0, 0.1) is 11.8 Å². The monoisotopic (exact) mass is 228 g/mol. The Morgan fingerprint density at radius 1 is 1.19 bits per heavy atom. The van der Waals surface area contributed by atoms with Gasteiger partial charge in [0.15, 0.2) is 0 Å². The fourth-order valence-electron chi connectivity index (χ4n) is 1.56. The lowest BCUT2D eigenvalue weighted by atomic mass is 10.0. The van der Waals surface area contributed by atoms with E-state index in [4.69, 9.17) is 5.73 Å². The van der Waals surface area contributed by atoms with Crippen molar-refractivity contribution in [2.45, 2.75) is 52.6 Å². The molecule has 0 spiro atoms. The number of nitrogens with one attached hydrogen (secondary N) is 1. The highest BCUT2D eigenvalue weighted by molar-refractivity contribution is 5.84. The molecule has 0 saturated carbocycles. The summed E-state index contributed by atoms with van der Waals surface area (Å²) in [6.07, 6.45) is 2.07. The molecule has 0 saturated heterocycles. The van der Waals surface area contributed by atoms with Crippen molar-refractivity contribution >= 4 is 12.2 Å². The van der Waals surface area contributed by atoms with E-state index in [0.717, 1.165) is 6.29 Å². The van der Waals surface area contributed by atoms with Gasteiger partial charge in [0.05, 0.1) is 12.1 Å². The molecular formula is C12H24N2O2. The van der Waals surface area contributed by atoms with E-state index in [0.29, 0.717) is 24.7 Å². The van der Waals surface area contributed by atoms with Gasteiger partial charge in [-0.2, -0.15) is 0 Å². The molecule has 0 aliphatic carbocycles. The molecule has 0 aromatic rings. The standard InChI is InChI=1S/C12H24N2O2/c1-8(2)5-10(7-15)14-12(16)11(13)6-9(3)4/h7-11H,5-6,13H2,1-4H3,(H,14,16)/t10?,11-/m0/s1. The van der Waals surface area contributed by atoms with Gasteiger partial charge in [0.25, 0.3) is 0 Å². The normalized spacial score (nSPS) is 14.9. The van der Waals surface area contributed by atoms with Crippen LogP contribution in [0.2, 0.25) is 0 Å². The van der Waals surface area contributed by atoms with Gasteiger partial charge in [-0.1, -0.05) is 27.7 Å². The van der Waals surface area contributed by atoms with Crippen LogP contribution in [0.15, 0.2) is 0 Å². The minimum atomic E-state index is -0.519. The van der Waals surface area contributed by atoms with E-state index in [9.17, 15) is 9.59 Å². The van der Waals surface area contributed by atoms with Gasteiger partial charge >= 0.3 is 0 Å². The third-order valence-corrected chi connectivity index (χ3v) is 2.28. The van der Waals surface area contributed by atoms with Gasteiger partial charge in [-0.3, -0.25) is 4.79 Å². The predicted octanol–water partition coefficient (Wildman–Crippen LogP) is 1.09. The summed E-state index contributed by atoms with van der Waals surface area (Å²) in [4.78, 5) is 22.4. The van der Waals surface area contributed by atoms with E-state index >= 15 is 0 Å². The van der Waals surface area contributed by atoms with Gasteiger partial charge in [0.2, 0.25) is 5.91 Å². The van der Waals surface area contributed by atoms with Crippen LogP contribution in [0.4, 0.5) is 0 Å². The maximum absolute atomic E-state index is 11.6. The minimum Gasteiger partial charge on any atom is -0.345 e. The summed E-state index contributed by atoms with van der Waals surface area (Å²) < 4.78 is 0. The smallest absolute Gasteiger partial charge is 0.237 e. The van der Waals surface area contributed by atoms with Gasteiger partial charge in [0, 0.05) is 0 Å². The molecule has 0 aliphatic rings. The molecule has 0 bridgehead atoms. The van der Waals surface area contributed by atoms with Crippen molar-refractivity contribution in [1.29, 1.82) is 0 Å². The second-order valence-electron chi connectivity index (χ2n) is 5.12. The van der Waals surface area contributed by atoms with Gasteiger partial charge in [0.1, 0.15) is 6.29 Å². The van der Waals surface area contributed by atoms with E-state index in [1.54, 1.807) is 0 Å². The molecule has 1 amide bonds. The summed E-state index contributed by atoms with van der Waals surface area (Å²) in [5, 5.41) is 2.67. The molecule has 1 unspecified atom stereocenters. The van der Waals surface area contributed by atoms with Gasteiger partial charge < -0.3 is 15.8 Å². The van der Waals surface area contributed by atoms with Crippen LogP contribution in [0.3, 0.4) is 0 Å². The van der Waals surface area contributed by atoms with Crippen molar-refractivity contribution in [1.82, 2.24) is 5.32 Å². The fourth-order valence-corrected chi connectivity index (χ4v) is 1.56. The Labute approximate surface area is 98.0 Å². The van der Waals surface area contributed by atoms with Crippen molar-refractivity contribution in [3.05, 3.63) is 0 Å². The fraction of sp³-hybridized carbons (Fsp3) is 0.833. The lowest BCUT2D eigenvalue weighted by Gasteiger charge is -2.19. The summed E-state index contributed by atoms with van der Waals surface area (Å²) in [5.74, 6) is 0.517. The maximum Gasteiger partial charge on any atom is 0.237 e. The summed E-state index contributed by atoms with van der Waals surface area (Å²) in [6, 6.07) is -0.930. The number of nitrogens with two attached hydrogens (primary N) is 1. The third-order valence-electron chi connectivity index (χ3n) is 2.28. The highest BCUT2D eigenvalue weighted by Gasteiger charge is 2.19. The van der Waals surface area contributed by atoms with Crippen LogP contribution in [-0.2, 0) is 9.59 Å². The molecule has 4 nitrogen and oxygen atoms in total. The Morgan fingerprint density at radius 3 is 2.06 bits per heavy atom. The van der Waals surface area contributed by atoms with Crippen molar-refractivity contribution < 1.29 is 9.59 Å². The molecule has 94 valence electrons. The van der Waals surface area contributed by atoms with Crippen LogP contribution in [0.5, 0.6) is 0 Å². The summed E-state index contributed by atoms with van der Waals surface area (Å²) in [5.41, 5.74) is 5.72. The average Bonchev–Trinajstić information content (AvgIpc) is 2.14. The van der Waals surface area contributed by atoms with Gasteiger partial charge in [-0.15, -0.1) is 0 Å². The Bertz CT molecular complexity index is 227. The molecular weight excluding hydrogens is 204 g/mol. The predicted molar refractivity (Wildman–Crippen MR) is 64.9 cm³/mol. The summed E-state index contributed by atoms with van der Waals surface area (Å²) >= 11 is 0. The molecule has 0 rings (SSSR count). The topological polar surface area (TPSA) is 72.2 Å². The van der Waals surface area contributed by atoms with Crippen LogP contribution in [0.1, 0.15) is 40.5 Å². The Kier molecular flexibility index (Phi) is 6.97. The van der Waals surface area contributed by atoms with Crippen molar-refractivity contribution in [3.8, 4) is 0 Å². The van der Waals surface area contributed by atoms with Gasteiger partial charge in [-0.25, -0.2) is 0 Å². The molecule has 16 heavy (non-hydrogen) atoms. The molecule has 4 heteroatoms. The molecule has 0 radical (unpaired) electrons. The molecule has 3 N–H and O–H groups in total. The quantitative estimate of drug-likeness (QED) is 0.641. The molecule has 0 heterocycles. The lowest BCUT2D eigenvalue weighted by molar-refractivity contribution is -0.125. The SMILES string of the molecule is CC(C)CC(C=O)NC(=O)[C@@H](N)CC(C)C. The number of aldehydes is 1. The highest BCUT2D eigenvalue weighted by Crippen LogP contribution is 2.05.